The minimum atomic E-state index is -4.67. The van der Waals surface area contributed by atoms with Crippen molar-refractivity contribution in [2.45, 2.75) is 0 Å². The van der Waals surface area contributed by atoms with Gasteiger partial charge in [0.1, 0.15) is 0 Å². The van der Waals surface area contributed by atoms with E-state index >= 15 is 0 Å². The predicted octanol–water partition coefficient (Wildman–Crippen LogP) is -2.87. The molecule has 0 unspecified atom stereocenters. The molecule has 0 spiro atoms. The number of hydrogen-bond acceptors (Lipinski definition) is 2. The first-order valence-corrected chi connectivity index (χ1v) is 2.10. The molecule has 0 aromatic heterocycles. The van der Waals surface area contributed by atoms with Crippen LogP contribution in [0.4, 0.5) is 0 Å². The summed E-state index contributed by atoms with van der Waals surface area (Å²) in [4.78, 5) is 0. The maximum absolute atomic E-state index is 8.74. The first kappa shape index (κ1) is 22.4. The van der Waals surface area contributed by atoms with Crippen LogP contribution >= 0.6 is 0 Å². The summed E-state index contributed by atoms with van der Waals surface area (Å²) in [6.45, 7) is 0. The second kappa shape index (κ2) is 9.64. The van der Waals surface area contributed by atoms with E-state index in [0.29, 0.717) is 0 Å². The minimum absolute atomic E-state index is 0. The van der Waals surface area contributed by atoms with Crippen LogP contribution in [-0.2, 0) is 10.4 Å². The summed E-state index contributed by atoms with van der Waals surface area (Å²) in [6, 6.07) is 0. The Labute approximate surface area is 108 Å². The molecule has 0 amide bonds. The van der Waals surface area contributed by atoms with Crippen LogP contribution in [0.3, 0.4) is 0 Å². The Morgan fingerprint density at radius 3 is 1.00 bits per heavy atom. The topological polar surface area (TPSA) is 74.6 Å². The predicted molar refractivity (Wildman–Crippen MR) is 37.0 cm³/mol. The SMILES string of the molecule is O=S(=O)(O)O.[MgH2].[NaH].[NaH]. The first-order valence-electron chi connectivity index (χ1n) is 0.698. The van der Waals surface area contributed by atoms with E-state index < -0.39 is 10.4 Å². The van der Waals surface area contributed by atoms with Gasteiger partial charge < -0.3 is 0 Å². The van der Waals surface area contributed by atoms with Crippen LogP contribution in [0, 0.1) is 0 Å². The van der Waals surface area contributed by atoms with E-state index in [1.807, 2.05) is 0 Å². The second-order valence-corrected chi connectivity index (χ2v) is 1.34. The van der Waals surface area contributed by atoms with Crippen LogP contribution in [0.5, 0.6) is 0 Å². The van der Waals surface area contributed by atoms with Gasteiger partial charge in [0.15, 0.2) is 0 Å². The van der Waals surface area contributed by atoms with Crippen LogP contribution in [0.15, 0.2) is 0 Å². The average Bonchev–Trinajstić information content (AvgIpc) is 0.722. The molecule has 0 bridgehead atoms. The van der Waals surface area contributed by atoms with Gasteiger partial charge in [-0.15, -0.1) is 0 Å². The number of hydrogen-bond donors (Lipinski definition) is 2. The molecule has 40 valence electrons. The molecule has 0 aliphatic heterocycles. The van der Waals surface area contributed by atoms with Crippen LogP contribution in [0.2, 0.25) is 0 Å². The van der Waals surface area contributed by atoms with Crippen molar-refractivity contribution in [1.82, 2.24) is 0 Å². The molecule has 0 aromatic rings. The van der Waals surface area contributed by atoms with Crippen molar-refractivity contribution < 1.29 is 17.5 Å². The molecule has 0 saturated heterocycles. The zero-order chi connectivity index (χ0) is 4.50. The molecule has 2 N–H and O–H groups in total. The molecule has 0 atom stereocenters. The van der Waals surface area contributed by atoms with E-state index in [4.69, 9.17) is 17.5 Å². The summed E-state index contributed by atoms with van der Waals surface area (Å²) >= 11 is 0. The normalized spacial score (nSPS) is 7.25. The quantitative estimate of drug-likeness (QED) is 0.304. The Kier molecular flexibility index (Phi) is 27.0. The second-order valence-electron chi connectivity index (χ2n) is 0.448. The molecule has 0 heterocycles. The van der Waals surface area contributed by atoms with Gasteiger partial charge >= 0.3 is 92.6 Å². The fourth-order valence-electron chi connectivity index (χ4n) is 0. The zero-order valence-corrected chi connectivity index (χ0v) is 2.94. The Morgan fingerprint density at radius 1 is 1.00 bits per heavy atom. The van der Waals surface area contributed by atoms with Crippen LogP contribution in [0.1, 0.15) is 0 Å². The summed E-state index contributed by atoms with van der Waals surface area (Å²) < 4.78 is 31.6. The summed E-state index contributed by atoms with van der Waals surface area (Å²) in [7, 11) is -4.67. The van der Waals surface area contributed by atoms with E-state index in [0.717, 1.165) is 0 Å². The van der Waals surface area contributed by atoms with Crippen molar-refractivity contribution in [3.8, 4) is 0 Å². The molecule has 0 aromatic carbocycles. The molecule has 8 heavy (non-hydrogen) atoms. The van der Waals surface area contributed by atoms with Gasteiger partial charge in [-0.25, -0.2) is 0 Å². The first-order chi connectivity index (χ1) is 2.00. The van der Waals surface area contributed by atoms with Gasteiger partial charge in [0.25, 0.3) is 0 Å². The van der Waals surface area contributed by atoms with Gasteiger partial charge in [-0.1, -0.05) is 0 Å². The van der Waals surface area contributed by atoms with Crippen molar-refractivity contribution in [2.75, 3.05) is 0 Å². The monoisotopic (exact) mass is 172 g/mol. The van der Waals surface area contributed by atoms with E-state index in [9.17, 15) is 0 Å². The Morgan fingerprint density at radius 2 is 1.00 bits per heavy atom. The molecule has 0 rings (SSSR count). The van der Waals surface area contributed by atoms with E-state index in [-0.39, 0.29) is 82.2 Å². The van der Waals surface area contributed by atoms with Gasteiger partial charge in [-0.3, -0.25) is 9.11 Å². The van der Waals surface area contributed by atoms with Gasteiger partial charge in [-0.2, -0.15) is 8.42 Å². The maximum atomic E-state index is 8.74. The third-order valence-electron chi connectivity index (χ3n) is 0. The van der Waals surface area contributed by atoms with E-state index in [1.54, 1.807) is 0 Å². The molecular formula is H6MgNa2O4S. The fraction of sp³-hybridized carbons (Fsp3) is 0. The van der Waals surface area contributed by atoms with Crippen molar-refractivity contribution in [2.24, 2.45) is 0 Å². The Bertz CT molecular complexity index is 97.2. The molecule has 0 fully saturated rings. The fourth-order valence-corrected chi connectivity index (χ4v) is 0. The van der Waals surface area contributed by atoms with Crippen LogP contribution in [0.25, 0.3) is 0 Å². The van der Waals surface area contributed by atoms with Gasteiger partial charge in [0.2, 0.25) is 0 Å². The van der Waals surface area contributed by atoms with Gasteiger partial charge in [-0.05, 0) is 0 Å². The summed E-state index contributed by atoms with van der Waals surface area (Å²) in [5.74, 6) is 0. The van der Waals surface area contributed by atoms with Crippen molar-refractivity contribution in [1.29, 1.82) is 0 Å². The van der Waals surface area contributed by atoms with Crippen molar-refractivity contribution in [3.63, 3.8) is 0 Å². The average molecular weight is 172 g/mol. The Hall–Kier alpha value is 2.64. The molecule has 0 radical (unpaired) electrons. The third-order valence-corrected chi connectivity index (χ3v) is 0. The number of rotatable bonds is 0. The molecule has 0 saturated carbocycles. The van der Waals surface area contributed by atoms with E-state index in [1.165, 1.54) is 0 Å². The Balaban J connectivity index is -0.0000000267. The van der Waals surface area contributed by atoms with Gasteiger partial charge in [0, 0.05) is 0 Å². The molecule has 0 aliphatic carbocycles. The summed E-state index contributed by atoms with van der Waals surface area (Å²) in [5.41, 5.74) is 0. The van der Waals surface area contributed by atoms with E-state index in [2.05, 4.69) is 0 Å². The van der Waals surface area contributed by atoms with Crippen LogP contribution < -0.4 is 0 Å². The molecule has 8 heteroatoms. The summed E-state index contributed by atoms with van der Waals surface area (Å²) in [6.07, 6.45) is 0. The standard InChI is InChI=1S/Mg.2Na.H2O4S.4H/c;;;1-5(2,3)4;;;;/h;;;(H2,1,2,3,4);;;;. The van der Waals surface area contributed by atoms with Crippen molar-refractivity contribution >= 4 is 92.6 Å². The molecular weight excluding hydrogens is 166 g/mol. The molecule has 4 nitrogen and oxygen atoms in total. The van der Waals surface area contributed by atoms with Gasteiger partial charge in [0.05, 0.1) is 0 Å². The third kappa shape index (κ3) is 72.5. The van der Waals surface area contributed by atoms with Crippen LogP contribution in [-0.4, -0.2) is 99.7 Å². The summed E-state index contributed by atoms with van der Waals surface area (Å²) in [5, 5.41) is 0. The zero-order valence-electron chi connectivity index (χ0n) is 2.12. The molecule has 0 aliphatic rings. The van der Waals surface area contributed by atoms with Crippen molar-refractivity contribution in [3.05, 3.63) is 0 Å².